The maximum Gasteiger partial charge on any atom is 0.0742 e. The van der Waals surface area contributed by atoms with Crippen molar-refractivity contribution < 1.29 is 10.2 Å². The van der Waals surface area contributed by atoms with Crippen LogP contribution in [0.2, 0.25) is 0 Å². The Morgan fingerprint density at radius 1 is 1.55 bits per heavy atom. The molecule has 1 unspecified atom stereocenters. The molecule has 68 valence electrons. The van der Waals surface area contributed by atoms with Crippen LogP contribution >= 0.6 is 0 Å². The van der Waals surface area contributed by atoms with E-state index in [4.69, 9.17) is 10.2 Å². The van der Waals surface area contributed by atoms with E-state index < -0.39 is 6.10 Å². The molecule has 1 atom stereocenters. The highest BCUT2D eigenvalue weighted by molar-refractivity contribution is 4.64. The van der Waals surface area contributed by atoms with Crippen molar-refractivity contribution in [3.8, 4) is 0 Å². The smallest absolute Gasteiger partial charge is 0.0742 e. The summed E-state index contributed by atoms with van der Waals surface area (Å²) in [6, 6.07) is 0. The van der Waals surface area contributed by atoms with Crippen molar-refractivity contribution in [2.45, 2.75) is 39.2 Å². The lowest BCUT2D eigenvalue weighted by molar-refractivity contribution is 0.110. The second-order valence-corrected chi connectivity index (χ2v) is 2.46. The summed E-state index contributed by atoms with van der Waals surface area (Å²) in [7, 11) is 0. The molecule has 0 bridgehead atoms. The molecular weight excluding hydrogens is 140 g/mol. The molecule has 0 aromatic heterocycles. The predicted molar refractivity (Wildman–Crippen MR) is 48.5 cm³/mol. The van der Waals surface area contributed by atoms with E-state index in [2.05, 4.69) is 13.5 Å². The van der Waals surface area contributed by atoms with Crippen LogP contribution in [0.15, 0.2) is 12.7 Å². The minimum absolute atomic E-state index is 0.139. The molecule has 2 N–H and O–H groups in total. The van der Waals surface area contributed by atoms with Crippen molar-refractivity contribution in [2.75, 3.05) is 6.61 Å². The first-order valence-corrected chi connectivity index (χ1v) is 4.08. The standard InChI is InChI=1S/C6H12.C3H8O2/c1-3-5-6-4-2;1-3(5)2-4/h3H,1,4-6H2,2H3;3-5H,2H2,1H3. The van der Waals surface area contributed by atoms with Crippen LogP contribution < -0.4 is 0 Å². The van der Waals surface area contributed by atoms with Gasteiger partial charge in [0.05, 0.1) is 12.7 Å². The molecule has 2 nitrogen and oxygen atoms in total. The third kappa shape index (κ3) is 26.1. The lowest BCUT2D eigenvalue weighted by atomic mass is 10.3. The summed E-state index contributed by atoms with van der Waals surface area (Å²) in [6.45, 7) is 7.17. The highest BCUT2D eigenvalue weighted by Gasteiger charge is 1.83. The maximum atomic E-state index is 8.11. The van der Waals surface area contributed by atoms with E-state index >= 15 is 0 Å². The zero-order valence-corrected chi connectivity index (χ0v) is 7.58. The SMILES string of the molecule is C=CCCCC.CC(O)CO. The zero-order valence-electron chi connectivity index (χ0n) is 7.58. The molecule has 11 heavy (non-hydrogen) atoms. The van der Waals surface area contributed by atoms with E-state index in [1.54, 1.807) is 0 Å². The average molecular weight is 160 g/mol. The molecule has 0 aromatic carbocycles. The minimum atomic E-state index is -0.560. The molecule has 0 radical (unpaired) electrons. The number of unbranched alkanes of at least 4 members (excludes halogenated alkanes) is 2. The molecule has 0 saturated carbocycles. The van der Waals surface area contributed by atoms with Crippen molar-refractivity contribution in [3.63, 3.8) is 0 Å². The second-order valence-electron chi connectivity index (χ2n) is 2.46. The highest BCUT2D eigenvalue weighted by atomic mass is 16.3. The van der Waals surface area contributed by atoms with Gasteiger partial charge in [-0.3, -0.25) is 0 Å². The Hall–Kier alpha value is -0.340. The van der Waals surface area contributed by atoms with Gasteiger partial charge >= 0.3 is 0 Å². The topological polar surface area (TPSA) is 40.5 Å². The molecule has 0 heterocycles. The first-order valence-electron chi connectivity index (χ1n) is 4.08. The summed E-state index contributed by atoms with van der Waals surface area (Å²) in [5.41, 5.74) is 0. The maximum absolute atomic E-state index is 8.11. The van der Waals surface area contributed by atoms with E-state index in [9.17, 15) is 0 Å². The van der Waals surface area contributed by atoms with Gasteiger partial charge < -0.3 is 10.2 Å². The number of hydrogen-bond acceptors (Lipinski definition) is 2. The van der Waals surface area contributed by atoms with Gasteiger partial charge in [0.2, 0.25) is 0 Å². The van der Waals surface area contributed by atoms with Gasteiger partial charge in [0.1, 0.15) is 0 Å². The fourth-order valence-corrected chi connectivity index (χ4v) is 0.348. The molecule has 0 aliphatic carbocycles. The van der Waals surface area contributed by atoms with Crippen molar-refractivity contribution in [1.82, 2.24) is 0 Å². The third-order valence-electron chi connectivity index (χ3n) is 1.03. The Kier molecular flexibility index (Phi) is 14.9. The van der Waals surface area contributed by atoms with Gasteiger partial charge in [0, 0.05) is 0 Å². The molecule has 0 aliphatic heterocycles. The first-order chi connectivity index (χ1) is 5.18. The van der Waals surface area contributed by atoms with Crippen LogP contribution in [0.5, 0.6) is 0 Å². The Balaban J connectivity index is 0. The van der Waals surface area contributed by atoms with E-state index in [-0.39, 0.29) is 6.61 Å². The fourth-order valence-electron chi connectivity index (χ4n) is 0.348. The van der Waals surface area contributed by atoms with Gasteiger partial charge in [-0.2, -0.15) is 0 Å². The molecule has 0 saturated heterocycles. The van der Waals surface area contributed by atoms with E-state index in [1.165, 1.54) is 26.2 Å². The van der Waals surface area contributed by atoms with Crippen LogP contribution in [0.3, 0.4) is 0 Å². The monoisotopic (exact) mass is 160 g/mol. The summed E-state index contributed by atoms with van der Waals surface area (Å²) >= 11 is 0. The quantitative estimate of drug-likeness (QED) is 0.485. The van der Waals surface area contributed by atoms with Crippen LogP contribution in [0.1, 0.15) is 33.1 Å². The molecular formula is C9H20O2. The third-order valence-corrected chi connectivity index (χ3v) is 1.03. The minimum Gasteiger partial charge on any atom is -0.394 e. The summed E-state index contributed by atoms with van der Waals surface area (Å²) in [6.07, 6.45) is 5.16. The van der Waals surface area contributed by atoms with Gasteiger partial charge in [-0.1, -0.05) is 25.8 Å². The Morgan fingerprint density at radius 3 is 2.09 bits per heavy atom. The van der Waals surface area contributed by atoms with Crippen molar-refractivity contribution >= 4 is 0 Å². The lowest BCUT2D eigenvalue weighted by Crippen LogP contribution is -2.03. The van der Waals surface area contributed by atoms with Crippen LogP contribution in [0.4, 0.5) is 0 Å². The number of allylic oxidation sites excluding steroid dienone is 1. The number of hydrogen-bond donors (Lipinski definition) is 2. The fraction of sp³-hybridized carbons (Fsp3) is 0.778. The highest BCUT2D eigenvalue weighted by Crippen LogP contribution is 1.91. The van der Waals surface area contributed by atoms with Gasteiger partial charge in [-0.05, 0) is 13.3 Å². The zero-order chi connectivity index (χ0) is 9.11. The average Bonchev–Trinajstić information content (AvgIpc) is 2.02. The van der Waals surface area contributed by atoms with Crippen molar-refractivity contribution in [1.29, 1.82) is 0 Å². The van der Waals surface area contributed by atoms with E-state index in [1.807, 2.05) is 6.08 Å². The normalized spacial score (nSPS) is 11.3. The summed E-state index contributed by atoms with van der Waals surface area (Å²) in [4.78, 5) is 0. The lowest BCUT2D eigenvalue weighted by Gasteiger charge is -1.90. The molecule has 0 rings (SSSR count). The molecule has 0 aromatic rings. The Labute approximate surface area is 69.6 Å². The molecule has 0 spiro atoms. The second kappa shape index (κ2) is 12.3. The van der Waals surface area contributed by atoms with E-state index in [0.29, 0.717) is 0 Å². The summed E-state index contributed by atoms with van der Waals surface area (Å²) < 4.78 is 0. The molecule has 2 heteroatoms. The Bertz CT molecular complexity index is 70.0. The van der Waals surface area contributed by atoms with Gasteiger partial charge in [0.25, 0.3) is 0 Å². The van der Waals surface area contributed by atoms with Crippen LogP contribution in [0.25, 0.3) is 0 Å². The van der Waals surface area contributed by atoms with Crippen LogP contribution in [-0.4, -0.2) is 22.9 Å². The van der Waals surface area contributed by atoms with Gasteiger partial charge in [0.15, 0.2) is 0 Å². The molecule has 0 amide bonds. The summed E-state index contributed by atoms with van der Waals surface area (Å²) in [5.74, 6) is 0. The van der Waals surface area contributed by atoms with Crippen molar-refractivity contribution in [3.05, 3.63) is 12.7 Å². The largest absolute Gasteiger partial charge is 0.394 e. The van der Waals surface area contributed by atoms with Crippen LogP contribution in [-0.2, 0) is 0 Å². The number of aliphatic hydroxyl groups excluding tert-OH is 2. The number of aliphatic hydroxyl groups is 2. The molecule has 0 fully saturated rings. The number of rotatable bonds is 4. The predicted octanol–water partition coefficient (Wildman–Crippen LogP) is 1.72. The van der Waals surface area contributed by atoms with Crippen molar-refractivity contribution in [2.24, 2.45) is 0 Å². The van der Waals surface area contributed by atoms with Crippen LogP contribution in [0, 0.1) is 0 Å². The van der Waals surface area contributed by atoms with E-state index in [0.717, 1.165) is 0 Å². The van der Waals surface area contributed by atoms with Gasteiger partial charge in [-0.15, -0.1) is 6.58 Å². The first kappa shape index (κ1) is 13.3. The summed E-state index contributed by atoms with van der Waals surface area (Å²) in [5, 5.41) is 16.0. The van der Waals surface area contributed by atoms with Gasteiger partial charge in [-0.25, -0.2) is 0 Å². The Morgan fingerprint density at radius 2 is 2.00 bits per heavy atom. The molecule has 0 aliphatic rings.